The molecule has 1 heterocycles. The molecule has 0 aliphatic rings. The van der Waals surface area contributed by atoms with E-state index in [0.29, 0.717) is 12.0 Å². The number of rotatable bonds is 3. The van der Waals surface area contributed by atoms with Gasteiger partial charge in [-0.05, 0) is 12.5 Å². The lowest BCUT2D eigenvalue weighted by Gasteiger charge is -2.03. The SMILES string of the molecule is CCc1c(N)noc1-c1c(Cl)cccc1[N+](=O)[O-]. The summed E-state index contributed by atoms with van der Waals surface area (Å²) in [5, 5.41) is 14.9. The first-order valence-electron chi connectivity index (χ1n) is 5.23. The minimum absolute atomic E-state index is 0.131. The summed E-state index contributed by atoms with van der Waals surface area (Å²) in [5.41, 5.74) is 6.35. The third-order valence-electron chi connectivity index (χ3n) is 2.59. The molecule has 0 fully saturated rings. The first kappa shape index (κ1) is 12.4. The zero-order valence-corrected chi connectivity index (χ0v) is 10.3. The standard InChI is InChI=1S/C11H10ClN3O3/c1-2-6-10(18-14-11(6)13)9-7(12)4-3-5-8(9)15(16)17/h3-5H,2H2,1H3,(H2,13,14). The topological polar surface area (TPSA) is 95.2 Å². The number of halogens is 1. The molecule has 0 unspecified atom stereocenters. The van der Waals surface area contributed by atoms with E-state index in [-0.39, 0.29) is 27.9 Å². The van der Waals surface area contributed by atoms with E-state index in [9.17, 15) is 10.1 Å². The van der Waals surface area contributed by atoms with Crippen molar-refractivity contribution < 1.29 is 9.45 Å². The van der Waals surface area contributed by atoms with E-state index in [4.69, 9.17) is 21.9 Å². The highest BCUT2D eigenvalue weighted by Crippen LogP contribution is 2.39. The van der Waals surface area contributed by atoms with E-state index >= 15 is 0 Å². The predicted octanol–water partition coefficient (Wildman–Crippen LogP) is 3.05. The zero-order valence-electron chi connectivity index (χ0n) is 9.51. The molecule has 0 amide bonds. The number of hydrogen-bond acceptors (Lipinski definition) is 5. The molecule has 7 heteroatoms. The Morgan fingerprint density at radius 1 is 1.56 bits per heavy atom. The van der Waals surface area contributed by atoms with Gasteiger partial charge in [-0.2, -0.15) is 0 Å². The van der Waals surface area contributed by atoms with Crippen LogP contribution in [0, 0.1) is 10.1 Å². The van der Waals surface area contributed by atoms with Crippen molar-refractivity contribution in [2.45, 2.75) is 13.3 Å². The van der Waals surface area contributed by atoms with Crippen LogP contribution in [-0.4, -0.2) is 10.1 Å². The van der Waals surface area contributed by atoms with E-state index in [1.165, 1.54) is 12.1 Å². The number of nitro benzene ring substituents is 1. The van der Waals surface area contributed by atoms with Gasteiger partial charge in [0.25, 0.3) is 5.69 Å². The van der Waals surface area contributed by atoms with Gasteiger partial charge in [0.2, 0.25) is 0 Å². The molecule has 2 N–H and O–H groups in total. The number of anilines is 1. The van der Waals surface area contributed by atoms with Crippen molar-refractivity contribution in [2.24, 2.45) is 0 Å². The quantitative estimate of drug-likeness (QED) is 0.681. The Morgan fingerprint density at radius 2 is 2.28 bits per heavy atom. The Labute approximate surface area is 107 Å². The first-order chi connectivity index (χ1) is 8.56. The second-order valence-electron chi connectivity index (χ2n) is 3.62. The van der Waals surface area contributed by atoms with E-state index in [2.05, 4.69) is 5.16 Å². The van der Waals surface area contributed by atoms with Crippen LogP contribution in [0.5, 0.6) is 0 Å². The van der Waals surface area contributed by atoms with Gasteiger partial charge in [0.1, 0.15) is 5.56 Å². The van der Waals surface area contributed by atoms with Crippen LogP contribution in [0.4, 0.5) is 11.5 Å². The van der Waals surface area contributed by atoms with Gasteiger partial charge < -0.3 is 10.3 Å². The molecule has 6 nitrogen and oxygen atoms in total. The van der Waals surface area contributed by atoms with E-state index in [0.717, 1.165) is 0 Å². The van der Waals surface area contributed by atoms with Gasteiger partial charge in [-0.1, -0.05) is 29.7 Å². The van der Waals surface area contributed by atoms with Crippen molar-refractivity contribution >= 4 is 23.1 Å². The molecule has 1 aromatic carbocycles. The van der Waals surface area contributed by atoms with Gasteiger partial charge in [0, 0.05) is 11.6 Å². The summed E-state index contributed by atoms with van der Waals surface area (Å²) in [6, 6.07) is 4.43. The number of nitrogen functional groups attached to an aromatic ring is 1. The molecule has 0 bridgehead atoms. The van der Waals surface area contributed by atoms with Gasteiger partial charge in [0.15, 0.2) is 11.6 Å². The molecular formula is C11H10ClN3O3. The summed E-state index contributed by atoms with van der Waals surface area (Å²) in [7, 11) is 0. The lowest BCUT2D eigenvalue weighted by Crippen LogP contribution is -1.95. The minimum atomic E-state index is -0.515. The van der Waals surface area contributed by atoms with Crippen LogP contribution in [0.25, 0.3) is 11.3 Å². The third kappa shape index (κ3) is 1.91. The lowest BCUT2D eigenvalue weighted by atomic mass is 10.0. The maximum Gasteiger partial charge on any atom is 0.281 e. The minimum Gasteiger partial charge on any atom is -0.381 e. The summed E-state index contributed by atoms with van der Waals surface area (Å²) >= 11 is 6.01. The van der Waals surface area contributed by atoms with Gasteiger partial charge in [-0.3, -0.25) is 10.1 Å². The van der Waals surface area contributed by atoms with Crippen LogP contribution in [-0.2, 0) is 6.42 Å². The number of nitrogens with two attached hydrogens (primary N) is 1. The van der Waals surface area contributed by atoms with Crippen LogP contribution >= 0.6 is 11.6 Å². The van der Waals surface area contributed by atoms with Gasteiger partial charge in [-0.25, -0.2) is 0 Å². The number of nitro groups is 1. The van der Waals surface area contributed by atoms with Crippen LogP contribution in [0.3, 0.4) is 0 Å². The molecule has 2 aromatic rings. The van der Waals surface area contributed by atoms with Crippen molar-refractivity contribution in [3.8, 4) is 11.3 Å². The monoisotopic (exact) mass is 267 g/mol. The molecular weight excluding hydrogens is 258 g/mol. The summed E-state index contributed by atoms with van der Waals surface area (Å²) in [6.07, 6.45) is 0.549. The van der Waals surface area contributed by atoms with Gasteiger partial charge in [-0.15, -0.1) is 0 Å². The van der Waals surface area contributed by atoms with Crippen LogP contribution in [0.2, 0.25) is 5.02 Å². The smallest absolute Gasteiger partial charge is 0.281 e. The number of aromatic nitrogens is 1. The lowest BCUT2D eigenvalue weighted by molar-refractivity contribution is -0.384. The van der Waals surface area contributed by atoms with E-state index in [1.807, 2.05) is 6.92 Å². The highest BCUT2D eigenvalue weighted by Gasteiger charge is 2.25. The molecule has 0 spiro atoms. The molecule has 0 aliphatic carbocycles. The third-order valence-corrected chi connectivity index (χ3v) is 2.90. The average molecular weight is 268 g/mol. The van der Waals surface area contributed by atoms with Crippen molar-refractivity contribution in [3.63, 3.8) is 0 Å². The van der Waals surface area contributed by atoms with Crippen molar-refractivity contribution in [3.05, 3.63) is 38.9 Å². The predicted molar refractivity (Wildman–Crippen MR) is 67.4 cm³/mol. The second kappa shape index (κ2) is 4.66. The van der Waals surface area contributed by atoms with E-state index < -0.39 is 4.92 Å². The number of hydrogen-bond donors (Lipinski definition) is 1. The largest absolute Gasteiger partial charge is 0.381 e. The molecule has 0 atom stereocenters. The first-order valence-corrected chi connectivity index (χ1v) is 5.61. The van der Waals surface area contributed by atoms with Crippen molar-refractivity contribution in [1.29, 1.82) is 0 Å². The molecule has 1 aromatic heterocycles. The molecule has 0 saturated carbocycles. The van der Waals surface area contributed by atoms with Crippen molar-refractivity contribution in [1.82, 2.24) is 5.16 Å². The van der Waals surface area contributed by atoms with Crippen LogP contribution < -0.4 is 5.73 Å². The maximum absolute atomic E-state index is 11.0. The zero-order chi connectivity index (χ0) is 13.3. The van der Waals surface area contributed by atoms with Gasteiger partial charge in [0.05, 0.1) is 9.95 Å². The molecule has 0 saturated heterocycles. The van der Waals surface area contributed by atoms with Crippen LogP contribution in [0.15, 0.2) is 22.7 Å². The molecule has 94 valence electrons. The molecule has 0 radical (unpaired) electrons. The normalized spacial score (nSPS) is 10.6. The van der Waals surface area contributed by atoms with E-state index in [1.54, 1.807) is 6.07 Å². The Bertz CT molecular complexity index is 610. The highest BCUT2D eigenvalue weighted by atomic mass is 35.5. The fourth-order valence-electron chi connectivity index (χ4n) is 1.75. The molecule has 0 aliphatic heterocycles. The van der Waals surface area contributed by atoms with Crippen LogP contribution in [0.1, 0.15) is 12.5 Å². The Kier molecular flexibility index (Phi) is 3.20. The summed E-state index contributed by atoms with van der Waals surface area (Å²) in [5.74, 6) is 0.481. The number of benzene rings is 1. The molecule has 2 rings (SSSR count). The highest BCUT2D eigenvalue weighted by molar-refractivity contribution is 6.33. The fraction of sp³-hybridized carbons (Fsp3) is 0.182. The Balaban J connectivity index is 2.74. The summed E-state index contributed by atoms with van der Waals surface area (Å²) in [6.45, 7) is 1.86. The Morgan fingerprint density at radius 3 is 2.89 bits per heavy atom. The van der Waals surface area contributed by atoms with Crippen molar-refractivity contribution in [2.75, 3.05) is 5.73 Å². The number of nitrogens with zero attached hydrogens (tertiary/aromatic N) is 2. The fourth-order valence-corrected chi connectivity index (χ4v) is 2.00. The average Bonchev–Trinajstić information content (AvgIpc) is 2.69. The second-order valence-corrected chi connectivity index (χ2v) is 4.03. The summed E-state index contributed by atoms with van der Waals surface area (Å²) in [4.78, 5) is 10.5. The maximum atomic E-state index is 11.0. The Hall–Kier alpha value is -2.08. The molecule has 18 heavy (non-hydrogen) atoms. The van der Waals surface area contributed by atoms with Gasteiger partial charge >= 0.3 is 0 Å². The summed E-state index contributed by atoms with van der Waals surface area (Å²) < 4.78 is 5.08.